The summed E-state index contributed by atoms with van der Waals surface area (Å²) in [5.41, 5.74) is 3.30. The van der Waals surface area contributed by atoms with Gasteiger partial charge in [-0.05, 0) is 35.4 Å². The highest BCUT2D eigenvalue weighted by Crippen LogP contribution is 2.18. The van der Waals surface area contributed by atoms with E-state index in [1.54, 1.807) is 4.80 Å². The fourth-order valence-corrected chi connectivity index (χ4v) is 2.49. The molecule has 3 rings (SSSR count). The van der Waals surface area contributed by atoms with E-state index in [-0.39, 0.29) is 0 Å². The third-order valence-electron chi connectivity index (χ3n) is 3.05. The van der Waals surface area contributed by atoms with Crippen molar-refractivity contribution < 1.29 is 0 Å². The highest BCUT2D eigenvalue weighted by atomic mass is 79.9. The van der Waals surface area contributed by atoms with E-state index in [4.69, 9.17) is 0 Å². The molecule has 0 radical (unpaired) electrons. The largest absolute Gasteiger partial charge is 0.205 e. The Balaban J connectivity index is 1.86. The van der Waals surface area contributed by atoms with Gasteiger partial charge >= 0.3 is 0 Å². The number of aryl methyl sites for hydroxylation is 1. The van der Waals surface area contributed by atoms with Gasteiger partial charge in [0.05, 0.1) is 6.54 Å². The van der Waals surface area contributed by atoms with E-state index in [1.807, 2.05) is 49.4 Å². The quantitative estimate of drug-likeness (QED) is 0.739. The van der Waals surface area contributed by atoms with Gasteiger partial charge in [0, 0.05) is 10.0 Å². The number of halogens is 1. The number of aromatic nitrogens is 4. The molecule has 0 aliphatic heterocycles. The molecule has 0 unspecified atom stereocenters. The molecule has 20 heavy (non-hydrogen) atoms. The molecule has 0 fully saturated rings. The van der Waals surface area contributed by atoms with E-state index in [0.717, 1.165) is 21.2 Å². The molecular formula is C15H13BrN4. The number of nitrogens with zero attached hydrogens (tertiary/aromatic N) is 4. The molecule has 0 spiro atoms. The van der Waals surface area contributed by atoms with Crippen LogP contribution in [0.4, 0.5) is 0 Å². The zero-order chi connectivity index (χ0) is 13.9. The summed E-state index contributed by atoms with van der Waals surface area (Å²) < 4.78 is 1.05. The van der Waals surface area contributed by atoms with Gasteiger partial charge in [0.25, 0.3) is 0 Å². The highest BCUT2D eigenvalue weighted by Gasteiger charge is 2.08. The van der Waals surface area contributed by atoms with Crippen molar-refractivity contribution in [1.82, 2.24) is 20.2 Å². The molecule has 0 aliphatic rings. The van der Waals surface area contributed by atoms with Gasteiger partial charge in [-0.15, -0.1) is 10.2 Å². The van der Waals surface area contributed by atoms with Crippen LogP contribution in [0.1, 0.15) is 11.1 Å². The van der Waals surface area contributed by atoms with Crippen LogP contribution in [-0.4, -0.2) is 20.2 Å². The smallest absolute Gasteiger partial charge is 0.159 e. The molecule has 0 bridgehead atoms. The molecule has 0 N–H and O–H groups in total. The first kappa shape index (κ1) is 13.0. The molecule has 0 aliphatic carbocycles. The van der Waals surface area contributed by atoms with E-state index in [0.29, 0.717) is 12.4 Å². The minimum absolute atomic E-state index is 0.609. The van der Waals surface area contributed by atoms with Crippen LogP contribution in [0.15, 0.2) is 53.0 Å². The predicted molar refractivity (Wildman–Crippen MR) is 81.2 cm³/mol. The molecule has 0 amide bonds. The van der Waals surface area contributed by atoms with E-state index in [1.165, 1.54) is 0 Å². The topological polar surface area (TPSA) is 43.6 Å². The van der Waals surface area contributed by atoms with E-state index in [2.05, 4.69) is 37.4 Å². The Morgan fingerprint density at radius 2 is 1.95 bits per heavy atom. The second kappa shape index (κ2) is 5.54. The third kappa shape index (κ3) is 2.77. The molecule has 4 nitrogen and oxygen atoms in total. The zero-order valence-corrected chi connectivity index (χ0v) is 12.6. The lowest BCUT2D eigenvalue weighted by atomic mass is 10.1. The Hall–Kier alpha value is -2.01. The lowest BCUT2D eigenvalue weighted by molar-refractivity contribution is 0.572. The standard InChI is InChI=1S/C15H13BrN4/c1-11-5-2-3-8-14(11)15-17-19-20(18-15)10-12-6-4-7-13(16)9-12/h2-9H,10H2,1H3. The number of rotatable bonds is 3. The van der Waals surface area contributed by atoms with Gasteiger partial charge in [0.2, 0.25) is 5.82 Å². The number of benzene rings is 2. The number of hydrogen-bond donors (Lipinski definition) is 0. The molecule has 1 aromatic heterocycles. The van der Waals surface area contributed by atoms with Gasteiger partial charge in [-0.1, -0.05) is 52.3 Å². The Labute approximate surface area is 125 Å². The zero-order valence-electron chi connectivity index (χ0n) is 11.0. The van der Waals surface area contributed by atoms with Gasteiger partial charge in [0.1, 0.15) is 0 Å². The van der Waals surface area contributed by atoms with Crippen molar-refractivity contribution in [3.8, 4) is 11.4 Å². The average Bonchev–Trinajstić information content (AvgIpc) is 2.87. The Bertz CT molecular complexity index is 736. The molecule has 5 heteroatoms. The number of hydrogen-bond acceptors (Lipinski definition) is 3. The monoisotopic (exact) mass is 328 g/mol. The van der Waals surface area contributed by atoms with Crippen LogP contribution in [0.2, 0.25) is 0 Å². The van der Waals surface area contributed by atoms with Crippen molar-refractivity contribution in [3.63, 3.8) is 0 Å². The second-order valence-electron chi connectivity index (χ2n) is 4.59. The first-order valence-electron chi connectivity index (χ1n) is 6.30. The molecule has 0 saturated carbocycles. The molecular weight excluding hydrogens is 316 g/mol. The SMILES string of the molecule is Cc1ccccc1-c1nnn(Cc2cccc(Br)c2)n1. The summed E-state index contributed by atoms with van der Waals surface area (Å²) in [6.07, 6.45) is 0. The summed E-state index contributed by atoms with van der Waals surface area (Å²) in [5, 5.41) is 12.7. The minimum Gasteiger partial charge on any atom is -0.159 e. The molecule has 3 aromatic rings. The lowest BCUT2D eigenvalue weighted by Crippen LogP contribution is -2.03. The molecule has 1 heterocycles. The van der Waals surface area contributed by atoms with Crippen molar-refractivity contribution in [2.24, 2.45) is 0 Å². The highest BCUT2D eigenvalue weighted by molar-refractivity contribution is 9.10. The maximum Gasteiger partial charge on any atom is 0.205 e. The van der Waals surface area contributed by atoms with Crippen LogP contribution in [0.25, 0.3) is 11.4 Å². The summed E-state index contributed by atoms with van der Waals surface area (Å²) in [4.78, 5) is 1.61. The Morgan fingerprint density at radius 1 is 1.10 bits per heavy atom. The fourth-order valence-electron chi connectivity index (χ4n) is 2.04. The predicted octanol–water partition coefficient (Wildman–Crippen LogP) is 3.46. The van der Waals surface area contributed by atoms with Crippen molar-refractivity contribution in [2.75, 3.05) is 0 Å². The Morgan fingerprint density at radius 3 is 2.75 bits per heavy atom. The normalized spacial score (nSPS) is 10.7. The van der Waals surface area contributed by atoms with Crippen LogP contribution < -0.4 is 0 Å². The van der Waals surface area contributed by atoms with Gasteiger partial charge in [-0.3, -0.25) is 0 Å². The van der Waals surface area contributed by atoms with Crippen LogP contribution in [-0.2, 0) is 6.54 Å². The maximum absolute atomic E-state index is 4.45. The van der Waals surface area contributed by atoms with Gasteiger partial charge < -0.3 is 0 Å². The first-order valence-corrected chi connectivity index (χ1v) is 7.10. The van der Waals surface area contributed by atoms with Crippen LogP contribution >= 0.6 is 15.9 Å². The molecule has 100 valence electrons. The summed E-state index contributed by atoms with van der Waals surface area (Å²) in [5.74, 6) is 0.665. The van der Waals surface area contributed by atoms with Crippen molar-refractivity contribution in [3.05, 3.63) is 64.1 Å². The van der Waals surface area contributed by atoms with Crippen LogP contribution in [0.5, 0.6) is 0 Å². The average molecular weight is 329 g/mol. The summed E-state index contributed by atoms with van der Waals surface area (Å²) in [6, 6.07) is 16.1. The lowest BCUT2D eigenvalue weighted by Gasteiger charge is -2.00. The first-order chi connectivity index (χ1) is 9.72. The number of tetrazole rings is 1. The van der Waals surface area contributed by atoms with Gasteiger partial charge in [-0.25, -0.2) is 0 Å². The molecule has 0 saturated heterocycles. The fraction of sp³-hybridized carbons (Fsp3) is 0.133. The van der Waals surface area contributed by atoms with Crippen molar-refractivity contribution in [2.45, 2.75) is 13.5 Å². The third-order valence-corrected chi connectivity index (χ3v) is 3.55. The maximum atomic E-state index is 4.45. The van der Waals surface area contributed by atoms with E-state index in [9.17, 15) is 0 Å². The van der Waals surface area contributed by atoms with Crippen molar-refractivity contribution in [1.29, 1.82) is 0 Å². The molecule has 0 atom stereocenters. The van der Waals surface area contributed by atoms with E-state index < -0.39 is 0 Å². The second-order valence-corrected chi connectivity index (χ2v) is 5.50. The summed E-state index contributed by atoms with van der Waals surface area (Å²) in [7, 11) is 0. The molecule has 2 aromatic carbocycles. The van der Waals surface area contributed by atoms with E-state index >= 15 is 0 Å². The summed E-state index contributed by atoms with van der Waals surface area (Å²) in [6.45, 7) is 2.66. The minimum atomic E-state index is 0.609. The Kier molecular flexibility index (Phi) is 3.60. The van der Waals surface area contributed by atoms with Gasteiger partial charge in [-0.2, -0.15) is 4.80 Å². The summed E-state index contributed by atoms with van der Waals surface area (Å²) >= 11 is 3.46. The van der Waals surface area contributed by atoms with Gasteiger partial charge in [0.15, 0.2) is 0 Å². The van der Waals surface area contributed by atoms with Crippen LogP contribution in [0.3, 0.4) is 0 Å². The van der Waals surface area contributed by atoms with Crippen molar-refractivity contribution >= 4 is 15.9 Å². The van der Waals surface area contributed by atoms with Crippen LogP contribution in [0, 0.1) is 6.92 Å².